The Hall–Kier alpha value is 0. The third-order valence-corrected chi connectivity index (χ3v) is 6.06. The Labute approximate surface area is 135 Å². The van der Waals surface area contributed by atoms with E-state index in [2.05, 4.69) is 27.7 Å². The average Bonchev–Trinajstić information content (AvgIpc) is 2.68. The minimum absolute atomic E-state index is 0.896. The minimum atomic E-state index is 0.896. The first-order valence-electron chi connectivity index (χ1n) is 10.2. The van der Waals surface area contributed by atoms with Gasteiger partial charge in [-0.15, -0.1) is 0 Å². The molecule has 0 N–H and O–H groups in total. The molecule has 1 saturated carbocycles. The van der Waals surface area contributed by atoms with Gasteiger partial charge in [-0.05, 0) is 36.5 Å². The lowest BCUT2D eigenvalue weighted by molar-refractivity contribution is 0.232. The zero-order valence-electron chi connectivity index (χ0n) is 15.5. The van der Waals surface area contributed by atoms with Crippen molar-refractivity contribution in [2.75, 3.05) is 0 Å². The second-order valence-corrected chi connectivity index (χ2v) is 8.01. The van der Waals surface area contributed by atoms with Crippen LogP contribution in [0, 0.1) is 23.7 Å². The van der Waals surface area contributed by atoms with E-state index in [9.17, 15) is 0 Å². The molecule has 0 saturated heterocycles. The van der Waals surface area contributed by atoms with Gasteiger partial charge in [-0.3, -0.25) is 0 Å². The normalized spacial score (nSPS) is 27.0. The maximum atomic E-state index is 2.45. The summed E-state index contributed by atoms with van der Waals surface area (Å²) >= 11 is 0. The van der Waals surface area contributed by atoms with Crippen LogP contribution in [0.1, 0.15) is 111 Å². The van der Waals surface area contributed by atoms with Crippen LogP contribution >= 0.6 is 0 Å². The average molecular weight is 295 g/mol. The zero-order chi connectivity index (χ0) is 15.5. The summed E-state index contributed by atoms with van der Waals surface area (Å²) in [5, 5.41) is 0. The Balaban J connectivity index is 2.16. The highest BCUT2D eigenvalue weighted by atomic mass is 14.3. The molecule has 0 bridgehead atoms. The van der Waals surface area contributed by atoms with E-state index < -0.39 is 0 Å². The van der Waals surface area contributed by atoms with Gasteiger partial charge in [-0.1, -0.05) is 98.3 Å². The van der Waals surface area contributed by atoms with Gasteiger partial charge in [-0.25, -0.2) is 0 Å². The summed E-state index contributed by atoms with van der Waals surface area (Å²) in [4.78, 5) is 0. The molecule has 1 aliphatic carbocycles. The number of hydrogen-bond donors (Lipinski definition) is 0. The van der Waals surface area contributed by atoms with E-state index in [0.717, 1.165) is 23.7 Å². The summed E-state index contributed by atoms with van der Waals surface area (Å²) in [7, 11) is 0. The monoisotopic (exact) mass is 294 g/mol. The Morgan fingerprint density at radius 2 is 1.38 bits per heavy atom. The van der Waals surface area contributed by atoms with Crippen molar-refractivity contribution in [3.63, 3.8) is 0 Å². The van der Waals surface area contributed by atoms with Gasteiger partial charge >= 0.3 is 0 Å². The molecule has 0 spiro atoms. The highest BCUT2D eigenvalue weighted by Crippen LogP contribution is 2.39. The molecular weight excluding hydrogens is 252 g/mol. The lowest BCUT2D eigenvalue weighted by Gasteiger charge is -2.27. The van der Waals surface area contributed by atoms with Gasteiger partial charge in [0.05, 0.1) is 0 Å². The molecule has 0 radical (unpaired) electrons. The predicted molar refractivity (Wildman–Crippen MR) is 96.7 cm³/mol. The minimum Gasteiger partial charge on any atom is -0.0654 e. The maximum absolute atomic E-state index is 2.45. The zero-order valence-corrected chi connectivity index (χ0v) is 15.5. The maximum Gasteiger partial charge on any atom is -0.0363 e. The van der Waals surface area contributed by atoms with E-state index in [-0.39, 0.29) is 0 Å². The fraction of sp³-hybridized carbons (Fsp3) is 1.00. The van der Waals surface area contributed by atoms with Crippen LogP contribution in [0.3, 0.4) is 0 Å². The summed E-state index contributed by atoms with van der Waals surface area (Å²) < 4.78 is 0. The predicted octanol–water partition coefficient (Wildman–Crippen LogP) is 7.62. The first-order valence-corrected chi connectivity index (χ1v) is 10.2. The molecule has 1 rings (SSSR count). The van der Waals surface area contributed by atoms with Gasteiger partial charge in [0.15, 0.2) is 0 Å². The molecule has 0 aromatic heterocycles. The lowest BCUT2D eigenvalue weighted by Crippen LogP contribution is -2.18. The molecule has 0 amide bonds. The quantitative estimate of drug-likeness (QED) is 0.287. The van der Waals surface area contributed by atoms with Crippen LogP contribution in [0.2, 0.25) is 0 Å². The van der Waals surface area contributed by atoms with E-state index >= 15 is 0 Å². The van der Waals surface area contributed by atoms with Crippen molar-refractivity contribution in [1.82, 2.24) is 0 Å². The third-order valence-electron chi connectivity index (χ3n) is 6.06. The first kappa shape index (κ1) is 19.0. The molecule has 126 valence electrons. The first-order chi connectivity index (χ1) is 10.2. The highest BCUT2D eigenvalue weighted by molar-refractivity contribution is 4.78. The molecule has 3 atom stereocenters. The molecule has 0 nitrogen and oxygen atoms in total. The van der Waals surface area contributed by atoms with Crippen LogP contribution in [0.15, 0.2) is 0 Å². The lowest BCUT2D eigenvalue weighted by atomic mass is 9.79. The van der Waals surface area contributed by atoms with E-state index in [0.29, 0.717) is 0 Å². The SMILES string of the molecule is CCCCCCCCCC1CCC(CC)C(C(C)C)CC1. The van der Waals surface area contributed by atoms with E-state index in [1.165, 1.54) is 83.5 Å². The Morgan fingerprint density at radius 1 is 0.762 bits per heavy atom. The number of rotatable bonds is 10. The molecule has 0 aliphatic heterocycles. The van der Waals surface area contributed by atoms with E-state index in [1.807, 2.05) is 0 Å². The highest BCUT2D eigenvalue weighted by Gasteiger charge is 2.27. The Kier molecular flexibility index (Phi) is 10.5. The van der Waals surface area contributed by atoms with Crippen molar-refractivity contribution >= 4 is 0 Å². The number of unbranched alkanes of at least 4 members (excludes halogenated alkanes) is 6. The van der Waals surface area contributed by atoms with Gasteiger partial charge in [0, 0.05) is 0 Å². The molecule has 1 aliphatic rings. The third kappa shape index (κ3) is 7.71. The molecular formula is C21H42. The van der Waals surface area contributed by atoms with Crippen molar-refractivity contribution < 1.29 is 0 Å². The van der Waals surface area contributed by atoms with Gasteiger partial charge in [0.2, 0.25) is 0 Å². The topological polar surface area (TPSA) is 0 Å². The summed E-state index contributed by atoms with van der Waals surface area (Å²) in [6, 6.07) is 0. The summed E-state index contributed by atoms with van der Waals surface area (Å²) in [6.45, 7) is 9.62. The Bertz CT molecular complexity index is 230. The smallest absolute Gasteiger partial charge is 0.0363 e. The molecule has 0 heterocycles. The summed E-state index contributed by atoms with van der Waals surface area (Å²) in [6.07, 6.45) is 19.2. The van der Waals surface area contributed by atoms with Gasteiger partial charge in [0.1, 0.15) is 0 Å². The second-order valence-electron chi connectivity index (χ2n) is 8.01. The largest absolute Gasteiger partial charge is 0.0654 e. The van der Waals surface area contributed by atoms with Crippen LogP contribution in [0.25, 0.3) is 0 Å². The molecule has 0 aromatic rings. The van der Waals surface area contributed by atoms with E-state index in [4.69, 9.17) is 0 Å². The second kappa shape index (κ2) is 11.6. The summed E-state index contributed by atoms with van der Waals surface area (Å²) in [5.74, 6) is 3.98. The molecule has 1 fully saturated rings. The van der Waals surface area contributed by atoms with Gasteiger partial charge in [-0.2, -0.15) is 0 Å². The standard InChI is InChI=1S/C21H42/c1-5-7-8-9-10-11-12-13-19-14-16-20(6-2)21(17-15-19)18(3)4/h18-21H,5-17H2,1-4H3. The molecule has 3 unspecified atom stereocenters. The van der Waals surface area contributed by atoms with Crippen molar-refractivity contribution in [1.29, 1.82) is 0 Å². The van der Waals surface area contributed by atoms with Crippen LogP contribution in [0.4, 0.5) is 0 Å². The molecule has 0 heteroatoms. The van der Waals surface area contributed by atoms with Gasteiger partial charge in [0.25, 0.3) is 0 Å². The van der Waals surface area contributed by atoms with Crippen LogP contribution in [0.5, 0.6) is 0 Å². The molecule has 21 heavy (non-hydrogen) atoms. The van der Waals surface area contributed by atoms with Crippen LogP contribution in [-0.2, 0) is 0 Å². The fourth-order valence-corrected chi connectivity index (χ4v) is 4.54. The summed E-state index contributed by atoms with van der Waals surface area (Å²) in [5.41, 5.74) is 0. The van der Waals surface area contributed by atoms with Crippen molar-refractivity contribution in [2.45, 2.75) is 111 Å². The van der Waals surface area contributed by atoms with Crippen molar-refractivity contribution in [3.05, 3.63) is 0 Å². The Morgan fingerprint density at radius 3 is 2.00 bits per heavy atom. The number of hydrogen-bond acceptors (Lipinski definition) is 0. The molecule has 0 aromatic carbocycles. The fourth-order valence-electron chi connectivity index (χ4n) is 4.54. The van der Waals surface area contributed by atoms with E-state index in [1.54, 1.807) is 0 Å². The van der Waals surface area contributed by atoms with Crippen LogP contribution < -0.4 is 0 Å². The van der Waals surface area contributed by atoms with Crippen molar-refractivity contribution in [2.24, 2.45) is 23.7 Å². The van der Waals surface area contributed by atoms with Gasteiger partial charge < -0.3 is 0 Å². The van der Waals surface area contributed by atoms with Crippen LogP contribution in [-0.4, -0.2) is 0 Å². The van der Waals surface area contributed by atoms with Crippen molar-refractivity contribution in [3.8, 4) is 0 Å².